The van der Waals surface area contributed by atoms with Crippen LogP contribution in [0.25, 0.3) is 27.9 Å². The summed E-state index contributed by atoms with van der Waals surface area (Å²) in [6, 6.07) is -1.74. The Labute approximate surface area is 139 Å². The molecule has 0 amide bonds. The van der Waals surface area contributed by atoms with Crippen LogP contribution in [-0.2, 0) is 0 Å². The Morgan fingerprint density at radius 1 is 1.20 bits per heavy atom. The monoisotopic (exact) mass is 347 g/mol. The van der Waals surface area contributed by atoms with Crippen molar-refractivity contribution in [1.29, 1.82) is 0 Å². The molecule has 4 rings (SSSR count). The molecule has 0 fully saturated rings. The Hall–Kier alpha value is -3.17. The number of nitrogens with one attached hydrogen (secondary N) is 2. The van der Waals surface area contributed by atoms with E-state index in [0.29, 0.717) is 16.8 Å². The van der Waals surface area contributed by atoms with E-state index in [1.165, 1.54) is 6.20 Å². The van der Waals surface area contributed by atoms with Gasteiger partial charge in [0.2, 0.25) is 11.7 Å². The summed E-state index contributed by atoms with van der Waals surface area (Å²) >= 11 is 0. The molecule has 10 heteroatoms. The number of hydrogen-bond acceptors (Lipinski definition) is 5. The normalized spacial score (nSPS) is 13.4. The first-order chi connectivity index (χ1) is 11.9. The zero-order valence-electron chi connectivity index (χ0n) is 12.9. The fourth-order valence-corrected chi connectivity index (χ4v) is 2.45. The molecule has 7 nitrogen and oxygen atoms in total. The lowest BCUT2D eigenvalue weighted by molar-refractivity contribution is -0.138. The van der Waals surface area contributed by atoms with E-state index in [0.717, 1.165) is 18.1 Å². The van der Waals surface area contributed by atoms with Crippen molar-refractivity contribution in [2.45, 2.75) is 19.1 Å². The quantitative estimate of drug-likeness (QED) is 0.595. The molecule has 0 aliphatic carbocycles. The Morgan fingerprint density at radius 3 is 2.84 bits per heavy atom. The van der Waals surface area contributed by atoms with Gasteiger partial charge in [0.05, 0.1) is 0 Å². The molecule has 0 spiro atoms. The standard InChI is InChI=1S/C15H12F3N7/c1-8(15(16,17)18)23-13-21-6-11-10(5-20-12(11)24-13)9-4-22-14-19-2-3-25(14)7-9/h2-8H,1H3,(H2,20,21,23,24)/t8-/m1/s1. The first kappa shape index (κ1) is 15.4. The average molecular weight is 347 g/mol. The highest BCUT2D eigenvalue weighted by Crippen LogP contribution is 2.28. The van der Waals surface area contributed by atoms with Gasteiger partial charge in [-0.1, -0.05) is 0 Å². The molecule has 2 N–H and O–H groups in total. The maximum atomic E-state index is 12.6. The molecule has 0 bridgehead atoms. The van der Waals surface area contributed by atoms with E-state index >= 15 is 0 Å². The summed E-state index contributed by atoms with van der Waals surface area (Å²) in [5.74, 6) is 0.487. The number of hydrogen-bond donors (Lipinski definition) is 2. The molecular formula is C15H12F3N7. The van der Waals surface area contributed by atoms with Gasteiger partial charge in [0.25, 0.3) is 0 Å². The second kappa shape index (κ2) is 5.43. The van der Waals surface area contributed by atoms with Crippen LogP contribution in [0.1, 0.15) is 6.92 Å². The smallest absolute Gasteiger partial charge is 0.345 e. The minimum Gasteiger partial charge on any atom is -0.345 e. The van der Waals surface area contributed by atoms with E-state index in [1.807, 2.05) is 6.20 Å². The number of fused-ring (bicyclic) bond motifs is 2. The number of aromatic amines is 1. The molecule has 0 aromatic carbocycles. The second-order valence-electron chi connectivity index (χ2n) is 5.54. The third kappa shape index (κ3) is 2.75. The number of nitrogens with zero attached hydrogens (tertiary/aromatic N) is 5. The molecule has 128 valence electrons. The first-order valence-electron chi connectivity index (χ1n) is 7.38. The van der Waals surface area contributed by atoms with Gasteiger partial charge in [0, 0.05) is 53.7 Å². The van der Waals surface area contributed by atoms with Crippen LogP contribution >= 0.6 is 0 Å². The Bertz CT molecular complexity index is 1050. The largest absolute Gasteiger partial charge is 0.408 e. The fourth-order valence-electron chi connectivity index (χ4n) is 2.45. The van der Waals surface area contributed by atoms with Gasteiger partial charge in [-0.15, -0.1) is 0 Å². The van der Waals surface area contributed by atoms with Gasteiger partial charge in [0.1, 0.15) is 11.7 Å². The minimum atomic E-state index is -4.37. The third-order valence-electron chi connectivity index (χ3n) is 3.83. The highest BCUT2D eigenvalue weighted by molar-refractivity contribution is 5.93. The predicted octanol–water partition coefficient (Wildman–Crippen LogP) is 3.03. The summed E-state index contributed by atoms with van der Waals surface area (Å²) in [5.41, 5.74) is 2.05. The highest BCUT2D eigenvalue weighted by atomic mass is 19.4. The van der Waals surface area contributed by atoms with Crippen molar-refractivity contribution >= 4 is 22.8 Å². The molecule has 0 saturated heterocycles. The van der Waals surface area contributed by atoms with E-state index in [2.05, 4.69) is 30.2 Å². The van der Waals surface area contributed by atoms with Crippen molar-refractivity contribution in [1.82, 2.24) is 29.3 Å². The van der Waals surface area contributed by atoms with E-state index in [1.54, 1.807) is 29.2 Å². The van der Waals surface area contributed by atoms with Crippen LogP contribution in [0.5, 0.6) is 0 Å². The molecule has 25 heavy (non-hydrogen) atoms. The van der Waals surface area contributed by atoms with E-state index in [4.69, 9.17) is 0 Å². The number of aromatic nitrogens is 6. The molecule has 0 aliphatic heterocycles. The highest BCUT2D eigenvalue weighted by Gasteiger charge is 2.36. The van der Waals surface area contributed by atoms with Gasteiger partial charge < -0.3 is 10.3 Å². The summed E-state index contributed by atoms with van der Waals surface area (Å²) in [4.78, 5) is 19.4. The summed E-state index contributed by atoms with van der Waals surface area (Å²) in [6.45, 7) is 1.01. The van der Waals surface area contributed by atoms with Gasteiger partial charge in [0.15, 0.2) is 0 Å². The number of H-pyrrole nitrogens is 1. The minimum absolute atomic E-state index is 0.0890. The zero-order chi connectivity index (χ0) is 17.6. The maximum Gasteiger partial charge on any atom is 0.408 e. The van der Waals surface area contributed by atoms with Gasteiger partial charge in [-0.2, -0.15) is 18.2 Å². The molecule has 4 heterocycles. The van der Waals surface area contributed by atoms with Crippen LogP contribution in [0.2, 0.25) is 0 Å². The molecule has 0 unspecified atom stereocenters. The zero-order valence-corrected chi connectivity index (χ0v) is 12.9. The Morgan fingerprint density at radius 2 is 2.04 bits per heavy atom. The van der Waals surface area contributed by atoms with Gasteiger partial charge in [-0.05, 0) is 6.92 Å². The van der Waals surface area contributed by atoms with Crippen LogP contribution in [0.3, 0.4) is 0 Å². The summed E-state index contributed by atoms with van der Waals surface area (Å²) < 4.78 is 39.7. The van der Waals surface area contributed by atoms with Crippen LogP contribution < -0.4 is 5.32 Å². The number of halogens is 3. The number of anilines is 1. The van der Waals surface area contributed by atoms with Crippen LogP contribution in [0.4, 0.5) is 19.1 Å². The summed E-state index contributed by atoms with van der Waals surface area (Å²) in [5, 5.41) is 2.94. The van der Waals surface area contributed by atoms with E-state index in [-0.39, 0.29) is 5.95 Å². The topological polar surface area (TPSA) is 83.8 Å². The predicted molar refractivity (Wildman–Crippen MR) is 85.0 cm³/mol. The van der Waals surface area contributed by atoms with Crippen molar-refractivity contribution in [2.24, 2.45) is 0 Å². The third-order valence-corrected chi connectivity index (χ3v) is 3.83. The maximum absolute atomic E-state index is 12.6. The van der Waals surface area contributed by atoms with Crippen molar-refractivity contribution < 1.29 is 13.2 Å². The lowest BCUT2D eigenvalue weighted by Gasteiger charge is -2.16. The van der Waals surface area contributed by atoms with Crippen LogP contribution in [0, 0.1) is 0 Å². The van der Waals surface area contributed by atoms with E-state index < -0.39 is 12.2 Å². The fraction of sp³-hybridized carbons (Fsp3) is 0.200. The number of imidazole rings is 1. The van der Waals surface area contributed by atoms with Crippen molar-refractivity contribution in [3.05, 3.63) is 37.2 Å². The van der Waals surface area contributed by atoms with Crippen molar-refractivity contribution in [3.63, 3.8) is 0 Å². The van der Waals surface area contributed by atoms with Gasteiger partial charge in [-0.3, -0.25) is 4.40 Å². The Balaban J connectivity index is 1.70. The van der Waals surface area contributed by atoms with E-state index in [9.17, 15) is 13.2 Å². The average Bonchev–Trinajstić information content (AvgIpc) is 3.19. The van der Waals surface area contributed by atoms with Crippen molar-refractivity contribution in [3.8, 4) is 11.1 Å². The number of rotatable bonds is 3. The summed E-state index contributed by atoms with van der Waals surface area (Å²) in [6.07, 6.45) is 5.78. The molecule has 4 aromatic rings. The molecule has 4 aromatic heterocycles. The SMILES string of the molecule is C[C@@H](Nc1ncc2c(-c3cnc4nccn4c3)c[nH]c2n1)C(F)(F)F. The second-order valence-corrected chi connectivity index (χ2v) is 5.54. The van der Waals surface area contributed by atoms with Crippen LogP contribution in [0.15, 0.2) is 37.2 Å². The molecule has 0 saturated carbocycles. The lowest BCUT2D eigenvalue weighted by atomic mass is 10.1. The van der Waals surface area contributed by atoms with Gasteiger partial charge >= 0.3 is 6.18 Å². The molecule has 0 aliphatic rings. The Kier molecular flexibility index (Phi) is 3.34. The van der Waals surface area contributed by atoms with Gasteiger partial charge in [-0.25, -0.2) is 15.0 Å². The molecule has 0 radical (unpaired) electrons. The first-order valence-corrected chi connectivity index (χ1v) is 7.38. The van der Waals surface area contributed by atoms with Crippen LogP contribution in [-0.4, -0.2) is 41.5 Å². The summed E-state index contributed by atoms with van der Waals surface area (Å²) in [7, 11) is 0. The number of alkyl halides is 3. The molecular weight excluding hydrogens is 335 g/mol. The lowest BCUT2D eigenvalue weighted by Crippen LogP contribution is -2.33. The van der Waals surface area contributed by atoms with Crippen molar-refractivity contribution in [2.75, 3.05) is 5.32 Å². The molecule has 1 atom stereocenters.